The number of imidazole rings is 1. The third-order valence-electron chi connectivity index (χ3n) is 4.98. The maximum absolute atomic E-state index is 13.1. The summed E-state index contributed by atoms with van der Waals surface area (Å²) in [6.45, 7) is 1.98. The number of para-hydroxylation sites is 1. The van der Waals surface area contributed by atoms with Gasteiger partial charge in [0.2, 0.25) is 5.91 Å². The highest BCUT2D eigenvalue weighted by atomic mass is 19.4. The van der Waals surface area contributed by atoms with Crippen LogP contribution in [0.5, 0.6) is 0 Å². The normalized spacial score (nSPS) is 17.0. The molecule has 0 bridgehead atoms. The van der Waals surface area contributed by atoms with Gasteiger partial charge in [0.1, 0.15) is 5.65 Å². The van der Waals surface area contributed by atoms with Crippen molar-refractivity contribution in [1.82, 2.24) is 9.38 Å². The molecule has 0 saturated heterocycles. The largest absolute Gasteiger partial charge is 0.418 e. The number of fused-ring (bicyclic) bond motifs is 3. The number of aromatic nitrogens is 2. The quantitative estimate of drug-likeness (QED) is 0.724. The first kappa shape index (κ1) is 17.6. The first-order valence-electron chi connectivity index (χ1n) is 8.76. The number of hydrogen-bond acceptors (Lipinski definition) is 2. The number of anilines is 1. The van der Waals surface area contributed by atoms with E-state index in [1.807, 2.05) is 29.7 Å². The van der Waals surface area contributed by atoms with E-state index in [1.165, 1.54) is 18.2 Å². The minimum atomic E-state index is -4.51. The summed E-state index contributed by atoms with van der Waals surface area (Å²) in [7, 11) is 0. The van der Waals surface area contributed by atoms with Crippen molar-refractivity contribution in [1.29, 1.82) is 0 Å². The lowest BCUT2D eigenvalue weighted by molar-refractivity contribution is -0.137. The van der Waals surface area contributed by atoms with Crippen molar-refractivity contribution in [2.75, 3.05) is 5.32 Å². The molecule has 27 heavy (non-hydrogen) atoms. The number of pyridine rings is 1. The van der Waals surface area contributed by atoms with Gasteiger partial charge in [-0.3, -0.25) is 4.79 Å². The summed E-state index contributed by atoms with van der Waals surface area (Å²) < 4.78 is 41.4. The molecule has 4 rings (SSSR count). The average molecular weight is 373 g/mol. The summed E-state index contributed by atoms with van der Waals surface area (Å²) >= 11 is 0. The molecule has 140 valence electrons. The minimum absolute atomic E-state index is 0.199. The number of aryl methyl sites for hydroxylation is 2. The van der Waals surface area contributed by atoms with Gasteiger partial charge < -0.3 is 9.72 Å². The van der Waals surface area contributed by atoms with Crippen LogP contribution in [0.1, 0.15) is 28.9 Å². The highest BCUT2D eigenvalue weighted by molar-refractivity contribution is 5.93. The number of amides is 1. The van der Waals surface area contributed by atoms with Crippen LogP contribution in [0.3, 0.4) is 0 Å². The third kappa shape index (κ3) is 3.29. The number of nitrogens with one attached hydrogen (secondary N) is 1. The molecule has 3 aromatic rings. The van der Waals surface area contributed by atoms with Gasteiger partial charge in [-0.1, -0.05) is 18.2 Å². The van der Waals surface area contributed by atoms with E-state index in [9.17, 15) is 18.0 Å². The summed E-state index contributed by atoms with van der Waals surface area (Å²) in [5.74, 6) is -0.779. The highest BCUT2D eigenvalue weighted by Crippen LogP contribution is 2.35. The van der Waals surface area contributed by atoms with Gasteiger partial charge in [0.25, 0.3) is 0 Å². The minimum Gasteiger partial charge on any atom is -0.325 e. The molecule has 0 fully saturated rings. The van der Waals surface area contributed by atoms with Crippen LogP contribution in [0.4, 0.5) is 18.9 Å². The van der Waals surface area contributed by atoms with E-state index in [-0.39, 0.29) is 17.5 Å². The molecule has 0 saturated carbocycles. The van der Waals surface area contributed by atoms with Crippen molar-refractivity contribution in [3.8, 4) is 0 Å². The zero-order valence-corrected chi connectivity index (χ0v) is 14.7. The number of nitrogens with zero attached hydrogens (tertiary/aromatic N) is 2. The van der Waals surface area contributed by atoms with E-state index in [2.05, 4.69) is 10.3 Å². The predicted octanol–water partition coefficient (Wildman–Crippen LogP) is 4.41. The van der Waals surface area contributed by atoms with E-state index in [0.29, 0.717) is 19.3 Å². The van der Waals surface area contributed by atoms with Crippen LogP contribution in [-0.4, -0.2) is 15.3 Å². The monoisotopic (exact) mass is 373 g/mol. The SMILES string of the molecule is Cc1ccc2nc3c(n2c1)CC(C(=O)Nc1ccccc1C(F)(F)F)CC3. The Balaban J connectivity index is 1.59. The molecule has 1 unspecified atom stereocenters. The van der Waals surface area contributed by atoms with Gasteiger partial charge in [0.15, 0.2) is 0 Å². The Bertz CT molecular complexity index is 1020. The zero-order valence-electron chi connectivity index (χ0n) is 14.7. The molecule has 0 aliphatic heterocycles. The van der Waals surface area contributed by atoms with Crippen LogP contribution < -0.4 is 5.32 Å². The molecule has 1 aliphatic rings. The van der Waals surface area contributed by atoms with Gasteiger partial charge in [0, 0.05) is 24.2 Å². The second kappa shape index (κ2) is 6.40. The van der Waals surface area contributed by atoms with Gasteiger partial charge in [-0.2, -0.15) is 13.2 Å². The number of halogens is 3. The van der Waals surface area contributed by atoms with Crippen LogP contribution in [0, 0.1) is 12.8 Å². The van der Waals surface area contributed by atoms with Gasteiger partial charge in [0.05, 0.1) is 16.9 Å². The Morgan fingerprint density at radius 1 is 1.22 bits per heavy atom. The molecule has 4 nitrogen and oxygen atoms in total. The summed E-state index contributed by atoms with van der Waals surface area (Å²) in [5, 5.41) is 2.48. The van der Waals surface area contributed by atoms with Crippen molar-refractivity contribution in [3.05, 3.63) is 65.1 Å². The molecule has 7 heteroatoms. The van der Waals surface area contributed by atoms with Crippen LogP contribution >= 0.6 is 0 Å². The number of rotatable bonds is 2. The number of carbonyl (C=O) groups excluding carboxylic acids is 1. The Kier molecular flexibility index (Phi) is 4.17. The van der Waals surface area contributed by atoms with Gasteiger partial charge >= 0.3 is 6.18 Å². The molecule has 0 spiro atoms. The van der Waals surface area contributed by atoms with Gasteiger partial charge in [-0.25, -0.2) is 4.98 Å². The summed E-state index contributed by atoms with van der Waals surface area (Å²) in [5.41, 5.74) is 2.79. The Hall–Kier alpha value is -2.83. The van der Waals surface area contributed by atoms with Crippen molar-refractivity contribution >= 4 is 17.2 Å². The molecule has 0 radical (unpaired) electrons. The summed E-state index contributed by atoms with van der Waals surface area (Å²) in [4.78, 5) is 17.3. The highest BCUT2D eigenvalue weighted by Gasteiger charge is 2.35. The van der Waals surface area contributed by atoms with Gasteiger partial charge in [-0.15, -0.1) is 0 Å². The Morgan fingerprint density at radius 3 is 2.78 bits per heavy atom. The lowest BCUT2D eigenvalue weighted by Gasteiger charge is -2.22. The van der Waals surface area contributed by atoms with Crippen molar-refractivity contribution in [2.24, 2.45) is 5.92 Å². The van der Waals surface area contributed by atoms with Crippen LogP contribution in [-0.2, 0) is 23.8 Å². The summed E-state index contributed by atoms with van der Waals surface area (Å²) in [6.07, 6.45) is -0.881. The van der Waals surface area contributed by atoms with E-state index >= 15 is 0 Å². The predicted molar refractivity (Wildman–Crippen MR) is 95.5 cm³/mol. The number of carbonyl (C=O) groups is 1. The average Bonchev–Trinajstić information content (AvgIpc) is 2.98. The maximum Gasteiger partial charge on any atom is 0.418 e. The van der Waals surface area contributed by atoms with Gasteiger partial charge in [-0.05, 0) is 43.5 Å². The van der Waals surface area contributed by atoms with E-state index < -0.39 is 11.7 Å². The van der Waals surface area contributed by atoms with Crippen LogP contribution in [0.2, 0.25) is 0 Å². The molecule has 1 amide bonds. The topological polar surface area (TPSA) is 46.4 Å². The Labute approximate surface area is 154 Å². The standard InChI is InChI=1S/C20H18F3N3O/c1-12-6-9-18-24-16-8-7-13(10-17(16)26(18)11-12)19(27)25-15-5-3-2-4-14(15)20(21,22)23/h2-6,9,11,13H,7-8,10H2,1H3,(H,25,27). The van der Waals surface area contributed by atoms with E-state index in [1.54, 1.807) is 0 Å². The van der Waals surface area contributed by atoms with Crippen molar-refractivity contribution < 1.29 is 18.0 Å². The fourth-order valence-corrected chi connectivity index (χ4v) is 3.61. The van der Waals surface area contributed by atoms with E-state index in [4.69, 9.17) is 0 Å². The molecule has 2 heterocycles. The molecule has 1 N–H and O–H groups in total. The molecule has 1 aromatic carbocycles. The van der Waals surface area contributed by atoms with Crippen molar-refractivity contribution in [3.63, 3.8) is 0 Å². The van der Waals surface area contributed by atoms with Crippen molar-refractivity contribution in [2.45, 2.75) is 32.4 Å². The number of alkyl halides is 3. The van der Waals surface area contributed by atoms with E-state index in [0.717, 1.165) is 28.7 Å². The Morgan fingerprint density at radius 2 is 2.00 bits per heavy atom. The van der Waals surface area contributed by atoms with Crippen LogP contribution in [0.25, 0.3) is 5.65 Å². The first-order valence-corrected chi connectivity index (χ1v) is 8.76. The summed E-state index contributed by atoms with van der Waals surface area (Å²) in [6, 6.07) is 8.96. The van der Waals surface area contributed by atoms with Crippen LogP contribution in [0.15, 0.2) is 42.6 Å². The third-order valence-corrected chi connectivity index (χ3v) is 4.98. The first-order chi connectivity index (χ1) is 12.8. The molecule has 1 atom stereocenters. The maximum atomic E-state index is 13.1. The fourth-order valence-electron chi connectivity index (χ4n) is 3.61. The second-order valence-electron chi connectivity index (χ2n) is 6.91. The lowest BCUT2D eigenvalue weighted by Crippen LogP contribution is -2.29. The number of hydrogen-bond donors (Lipinski definition) is 1. The molecular weight excluding hydrogens is 355 g/mol. The zero-order chi connectivity index (χ0) is 19.2. The molecule has 2 aromatic heterocycles. The number of benzene rings is 1. The second-order valence-corrected chi connectivity index (χ2v) is 6.91. The molecular formula is C20H18F3N3O. The fraction of sp³-hybridized carbons (Fsp3) is 0.300. The lowest BCUT2D eigenvalue weighted by atomic mass is 9.89. The molecule has 1 aliphatic carbocycles. The smallest absolute Gasteiger partial charge is 0.325 e.